The Morgan fingerprint density at radius 3 is 2.29 bits per heavy atom. The third-order valence-electron chi connectivity index (χ3n) is 2.87. The Balaban J connectivity index is 2.33. The quantitative estimate of drug-likeness (QED) is 0.778. The van der Waals surface area contributed by atoms with Gasteiger partial charge in [0.2, 0.25) is 0 Å². The molecule has 0 saturated carbocycles. The lowest BCUT2D eigenvalue weighted by Gasteiger charge is -2.10. The minimum absolute atomic E-state index is 0.292. The Labute approximate surface area is 124 Å². The maximum Gasteiger partial charge on any atom is 0.573 e. The number of aromatic nitrogens is 2. The van der Waals surface area contributed by atoms with Crippen LogP contribution >= 0.6 is 11.6 Å². The van der Waals surface area contributed by atoms with Gasteiger partial charge in [0.15, 0.2) is 5.82 Å². The highest BCUT2D eigenvalue weighted by Crippen LogP contribution is 2.26. The monoisotopic (exact) mass is 316 g/mol. The number of hydrogen-bond acceptors (Lipinski definition) is 3. The zero-order valence-electron chi connectivity index (χ0n) is 11.3. The molecular weight excluding hydrogens is 305 g/mol. The molecule has 112 valence electrons. The van der Waals surface area contributed by atoms with Crippen LogP contribution in [0.15, 0.2) is 24.3 Å². The van der Waals surface area contributed by atoms with Crippen LogP contribution in [-0.4, -0.2) is 16.3 Å². The Morgan fingerprint density at radius 2 is 1.76 bits per heavy atom. The molecule has 0 fully saturated rings. The van der Waals surface area contributed by atoms with Crippen molar-refractivity contribution in [2.24, 2.45) is 0 Å². The maximum atomic E-state index is 12.1. The topological polar surface area (TPSA) is 35.0 Å². The largest absolute Gasteiger partial charge is 0.573 e. The second kappa shape index (κ2) is 5.89. The van der Waals surface area contributed by atoms with E-state index >= 15 is 0 Å². The third-order valence-corrected chi connectivity index (χ3v) is 3.24. The van der Waals surface area contributed by atoms with Gasteiger partial charge in [0, 0.05) is 16.8 Å². The predicted octanol–water partition coefficient (Wildman–Crippen LogP) is 4.57. The number of rotatable bonds is 3. The molecule has 1 aromatic heterocycles. The van der Waals surface area contributed by atoms with E-state index in [2.05, 4.69) is 14.7 Å². The lowest BCUT2D eigenvalue weighted by Crippen LogP contribution is -2.16. The zero-order valence-corrected chi connectivity index (χ0v) is 12.1. The van der Waals surface area contributed by atoms with Crippen LogP contribution < -0.4 is 4.74 Å². The number of aryl methyl sites for hydroxylation is 1. The van der Waals surface area contributed by atoms with Gasteiger partial charge in [0.25, 0.3) is 0 Å². The van der Waals surface area contributed by atoms with Crippen LogP contribution in [0.2, 0.25) is 5.15 Å². The second-order valence-electron chi connectivity index (χ2n) is 4.34. The Bertz CT molecular complexity index is 642. The molecule has 0 bridgehead atoms. The number of halogens is 4. The highest BCUT2D eigenvalue weighted by Gasteiger charge is 2.31. The minimum atomic E-state index is -4.71. The van der Waals surface area contributed by atoms with Crippen molar-refractivity contribution in [2.75, 3.05) is 0 Å². The van der Waals surface area contributed by atoms with Gasteiger partial charge in [-0.1, -0.05) is 18.5 Å². The molecular formula is C14H12ClF3N2O. The van der Waals surface area contributed by atoms with Crippen LogP contribution in [0.1, 0.15) is 18.2 Å². The molecule has 3 nitrogen and oxygen atoms in total. The molecule has 2 rings (SSSR count). The summed E-state index contributed by atoms with van der Waals surface area (Å²) in [5, 5.41) is 0.340. The number of benzene rings is 1. The van der Waals surface area contributed by atoms with Crippen LogP contribution in [0.3, 0.4) is 0 Å². The van der Waals surface area contributed by atoms with E-state index in [-0.39, 0.29) is 5.75 Å². The van der Waals surface area contributed by atoms with Crippen LogP contribution in [-0.2, 0) is 6.42 Å². The van der Waals surface area contributed by atoms with Gasteiger partial charge in [0.1, 0.15) is 10.9 Å². The standard InChI is InChI=1S/C14H12ClF3N2O/c1-3-11-8(2)12(15)20-13(19-11)9-4-6-10(7-5-9)21-14(16,17)18/h4-7H,3H2,1-2H3. The normalized spacial score (nSPS) is 11.5. The van der Waals surface area contributed by atoms with Gasteiger partial charge < -0.3 is 4.74 Å². The molecule has 0 aliphatic carbocycles. The van der Waals surface area contributed by atoms with E-state index < -0.39 is 6.36 Å². The van der Waals surface area contributed by atoms with Crippen molar-refractivity contribution in [1.82, 2.24) is 9.97 Å². The second-order valence-corrected chi connectivity index (χ2v) is 4.69. The Kier molecular flexibility index (Phi) is 4.37. The molecule has 2 aromatic rings. The molecule has 0 aliphatic heterocycles. The van der Waals surface area contributed by atoms with Gasteiger partial charge in [-0.25, -0.2) is 9.97 Å². The minimum Gasteiger partial charge on any atom is -0.406 e. The Hall–Kier alpha value is -1.82. The number of alkyl halides is 3. The van der Waals surface area contributed by atoms with E-state index in [0.717, 1.165) is 11.3 Å². The fourth-order valence-corrected chi connectivity index (χ4v) is 2.00. The number of hydrogen-bond donors (Lipinski definition) is 0. The highest BCUT2D eigenvalue weighted by molar-refractivity contribution is 6.30. The lowest BCUT2D eigenvalue weighted by atomic mass is 10.1. The molecule has 0 aliphatic rings. The van der Waals surface area contributed by atoms with Crippen molar-refractivity contribution < 1.29 is 17.9 Å². The summed E-state index contributed by atoms with van der Waals surface area (Å²) in [6.07, 6.45) is -4.02. The van der Waals surface area contributed by atoms with Crippen molar-refractivity contribution in [3.05, 3.63) is 40.7 Å². The van der Waals surface area contributed by atoms with Gasteiger partial charge in [-0.3, -0.25) is 0 Å². The average Bonchev–Trinajstić information content (AvgIpc) is 2.41. The highest BCUT2D eigenvalue weighted by atomic mass is 35.5. The summed E-state index contributed by atoms with van der Waals surface area (Å²) in [6.45, 7) is 3.76. The van der Waals surface area contributed by atoms with Crippen molar-refractivity contribution in [2.45, 2.75) is 26.6 Å². The molecule has 1 aromatic carbocycles. The SMILES string of the molecule is CCc1nc(-c2ccc(OC(F)(F)F)cc2)nc(Cl)c1C. The molecule has 0 atom stereocenters. The molecule has 0 N–H and O–H groups in total. The summed E-state index contributed by atoms with van der Waals surface area (Å²) >= 11 is 6.04. The summed E-state index contributed by atoms with van der Waals surface area (Å²) in [5.41, 5.74) is 2.18. The van der Waals surface area contributed by atoms with Gasteiger partial charge in [-0.15, -0.1) is 13.2 Å². The van der Waals surface area contributed by atoms with Crippen LogP contribution in [0.4, 0.5) is 13.2 Å². The zero-order chi connectivity index (χ0) is 15.6. The van der Waals surface area contributed by atoms with E-state index in [9.17, 15) is 13.2 Å². The molecule has 7 heteroatoms. The van der Waals surface area contributed by atoms with Gasteiger partial charge in [0.05, 0.1) is 0 Å². The predicted molar refractivity (Wildman–Crippen MR) is 73.3 cm³/mol. The summed E-state index contributed by atoms with van der Waals surface area (Å²) < 4.78 is 40.1. The van der Waals surface area contributed by atoms with E-state index in [1.165, 1.54) is 24.3 Å². The van der Waals surface area contributed by atoms with Gasteiger partial charge in [-0.2, -0.15) is 0 Å². The van der Waals surface area contributed by atoms with E-state index in [1.807, 2.05) is 13.8 Å². The average molecular weight is 317 g/mol. The van der Waals surface area contributed by atoms with Crippen molar-refractivity contribution in [3.8, 4) is 17.1 Å². The number of ether oxygens (including phenoxy) is 1. The molecule has 0 amide bonds. The van der Waals surface area contributed by atoms with Gasteiger partial charge in [-0.05, 0) is 37.6 Å². The first-order chi connectivity index (χ1) is 9.80. The molecule has 21 heavy (non-hydrogen) atoms. The summed E-state index contributed by atoms with van der Waals surface area (Å²) in [5.74, 6) is 0.0844. The Morgan fingerprint density at radius 1 is 1.14 bits per heavy atom. The third kappa shape index (κ3) is 3.85. The lowest BCUT2D eigenvalue weighted by molar-refractivity contribution is -0.274. The van der Waals surface area contributed by atoms with Crippen molar-refractivity contribution >= 4 is 11.6 Å². The van der Waals surface area contributed by atoms with Crippen LogP contribution in [0.5, 0.6) is 5.75 Å². The maximum absolute atomic E-state index is 12.1. The first-order valence-electron chi connectivity index (χ1n) is 6.19. The van der Waals surface area contributed by atoms with Crippen LogP contribution in [0.25, 0.3) is 11.4 Å². The van der Waals surface area contributed by atoms with Crippen molar-refractivity contribution in [1.29, 1.82) is 0 Å². The summed E-state index contributed by atoms with van der Waals surface area (Å²) in [7, 11) is 0. The molecule has 0 radical (unpaired) electrons. The van der Waals surface area contributed by atoms with Gasteiger partial charge >= 0.3 is 6.36 Å². The molecule has 1 heterocycles. The van der Waals surface area contributed by atoms with E-state index in [1.54, 1.807) is 0 Å². The fourth-order valence-electron chi connectivity index (χ4n) is 1.81. The summed E-state index contributed by atoms with van der Waals surface area (Å²) in [6, 6.07) is 5.35. The summed E-state index contributed by atoms with van der Waals surface area (Å²) in [4.78, 5) is 8.51. The number of nitrogens with zero attached hydrogens (tertiary/aromatic N) is 2. The van der Waals surface area contributed by atoms with Crippen LogP contribution in [0, 0.1) is 6.92 Å². The smallest absolute Gasteiger partial charge is 0.406 e. The van der Waals surface area contributed by atoms with E-state index in [4.69, 9.17) is 11.6 Å². The molecule has 0 saturated heterocycles. The van der Waals surface area contributed by atoms with E-state index in [0.29, 0.717) is 23.0 Å². The van der Waals surface area contributed by atoms with Crippen molar-refractivity contribution in [3.63, 3.8) is 0 Å². The first-order valence-corrected chi connectivity index (χ1v) is 6.57. The fraction of sp³-hybridized carbons (Fsp3) is 0.286. The molecule has 0 spiro atoms. The molecule has 0 unspecified atom stereocenters. The first kappa shape index (κ1) is 15.6.